The van der Waals surface area contributed by atoms with E-state index in [1.54, 1.807) is 19.1 Å². The number of hydrogen-bond donors (Lipinski definition) is 1. The van der Waals surface area contributed by atoms with Crippen LogP contribution in [0, 0.1) is 5.82 Å². The molecule has 0 spiro atoms. The molecule has 204 valence electrons. The third-order valence-electron chi connectivity index (χ3n) is 5.88. The lowest BCUT2D eigenvalue weighted by molar-refractivity contribution is -0.140. The molecule has 0 saturated heterocycles. The van der Waals surface area contributed by atoms with Gasteiger partial charge in [-0.1, -0.05) is 43.1 Å². The molecule has 0 aliphatic carbocycles. The lowest BCUT2D eigenvalue weighted by Gasteiger charge is -2.34. The van der Waals surface area contributed by atoms with Gasteiger partial charge in [0.15, 0.2) is 0 Å². The van der Waals surface area contributed by atoms with Crippen molar-refractivity contribution in [1.29, 1.82) is 0 Å². The maximum atomic E-state index is 13.8. The molecule has 1 N–H and O–H groups in total. The number of halogens is 3. The highest BCUT2D eigenvalue weighted by Crippen LogP contribution is 2.25. The first-order valence-corrected chi connectivity index (χ1v) is 14.0. The summed E-state index contributed by atoms with van der Waals surface area (Å²) in [6.07, 6.45) is 0.967. The summed E-state index contributed by atoms with van der Waals surface area (Å²) in [5, 5.41) is 3.61. The summed E-state index contributed by atoms with van der Waals surface area (Å²) in [5.41, 5.74) is 0.642. The van der Waals surface area contributed by atoms with Crippen molar-refractivity contribution in [3.8, 4) is 0 Å². The summed E-state index contributed by atoms with van der Waals surface area (Å²) in [4.78, 5) is 28.3. The Morgan fingerprint density at radius 1 is 1.03 bits per heavy atom. The molecule has 2 atom stereocenters. The van der Waals surface area contributed by atoms with Crippen LogP contribution in [-0.2, 0) is 26.3 Å². The zero-order valence-electron chi connectivity index (χ0n) is 21.5. The fraction of sp³-hybridized carbons (Fsp3) is 0.440. The van der Waals surface area contributed by atoms with Crippen LogP contribution in [0.3, 0.4) is 0 Å². The molecule has 2 amide bonds. The summed E-state index contributed by atoms with van der Waals surface area (Å²) in [7, 11) is -1.48. The van der Waals surface area contributed by atoms with Crippen LogP contribution >= 0.6 is 23.2 Å². The minimum Gasteiger partial charge on any atom is -0.352 e. The van der Waals surface area contributed by atoms with Gasteiger partial charge in [-0.15, -0.1) is 0 Å². The summed E-state index contributed by atoms with van der Waals surface area (Å²) in [6.45, 7) is 4.87. The molecule has 2 rings (SSSR count). The third-order valence-corrected chi connectivity index (χ3v) is 8.28. The summed E-state index contributed by atoms with van der Waals surface area (Å²) < 4.78 is 41.7. The average molecular weight is 576 g/mol. The number of nitrogens with one attached hydrogen (secondary N) is 1. The van der Waals surface area contributed by atoms with E-state index in [2.05, 4.69) is 5.32 Å². The van der Waals surface area contributed by atoms with E-state index in [1.165, 1.54) is 37.2 Å². The first kappa shape index (κ1) is 30.8. The highest BCUT2D eigenvalue weighted by atomic mass is 35.5. The number of anilines is 1. The second-order valence-corrected chi connectivity index (χ2v) is 11.7. The Kier molecular flexibility index (Phi) is 11.2. The van der Waals surface area contributed by atoms with Gasteiger partial charge in [-0.25, -0.2) is 8.70 Å². The SMILES string of the molecule is CC[C@H](C(=O)N[C@@H](C)CC)N(Cc1ccc(Cl)cc1Cl)C(=O)CN(c1ccc(F)cc1)S(=O)(=O)N(C)C. The van der Waals surface area contributed by atoms with E-state index < -0.39 is 34.5 Å². The van der Waals surface area contributed by atoms with Gasteiger partial charge in [0.2, 0.25) is 11.8 Å². The lowest BCUT2D eigenvalue weighted by atomic mass is 10.1. The van der Waals surface area contributed by atoms with Crippen molar-refractivity contribution in [3.63, 3.8) is 0 Å². The fourth-order valence-electron chi connectivity index (χ4n) is 3.52. The molecular weight excluding hydrogens is 542 g/mol. The number of hydrogen-bond acceptors (Lipinski definition) is 4. The van der Waals surface area contributed by atoms with Crippen molar-refractivity contribution in [1.82, 2.24) is 14.5 Å². The predicted molar refractivity (Wildman–Crippen MR) is 145 cm³/mol. The van der Waals surface area contributed by atoms with Crippen molar-refractivity contribution >= 4 is 50.9 Å². The summed E-state index contributed by atoms with van der Waals surface area (Å²) in [5.74, 6) is -1.55. The van der Waals surface area contributed by atoms with Crippen LogP contribution < -0.4 is 9.62 Å². The van der Waals surface area contributed by atoms with Crippen LogP contribution in [0.4, 0.5) is 10.1 Å². The Hall–Kier alpha value is -2.40. The van der Waals surface area contributed by atoms with E-state index in [0.717, 1.165) is 20.7 Å². The standard InChI is InChI=1S/C25H33Cl2FN4O4S/c1-6-17(3)29-25(34)23(7-2)31(15-18-8-9-19(26)14-22(18)27)24(33)16-32(37(35,36)30(4)5)21-12-10-20(28)11-13-21/h8-14,17,23H,6-7,15-16H2,1-5H3,(H,29,34)/t17-,23+/m0/s1. The van der Waals surface area contributed by atoms with Gasteiger partial charge >= 0.3 is 10.2 Å². The largest absolute Gasteiger partial charge is 0.352 e. The summed E-state index contributed by atoms with van der Waals surface area (Å²) in [6, 6.07) is 8.55. The molecular formula is C25H33Cl2FN4O4S. The van der Waals surface area contributed by atoms with Crippen molar-refractivity contribution in [2.45, 2.75) is 52.2 Å². The quantitative estimate of drug-likeness (QED) is 0.405. The van der Waals surface area contributed by atoms with Crippen LogP contribution in [0.25, 0.3) is 0 Å². The molecule has 0 saturated carbocycles. The second-order valence-electron chi connectivity index (χ2n) is 8.77. The Labute approximate surface area is 228 Å². The second kappa shape index (κ2) is 13.4. The molecule has 0 unspecified atom stereocenters. The van der Waals surface area contributed by atoms with Gasteiger partial charge in [0.05, 0.1) is 5.69 Å². The van der Waals surface area contributed by atoms with Gasteiger partial charge in [0.25, 0.3) is 0 Å². The van der Waals surface area contributed by atoms with Crippen LogP contribution in [0.5, 0.6) is 0 Å². The number of carbonyl (C=O) groups excluding carboxylic acids is 2. The van der Waals surface area contributed by atoms with Gasteiger partial charge in [-0.3, -0.25) is 9.59 Å². The Bertz CT molecular complexity index is 1200. The maximum Gasteiger partial charge on any atom is 0.304 e. The molecule has 37 heavy (non-hydrogen) atoms. The molecule has 12 heteroatoms. The normalized spacial score (nSPS) is 13.2. The first-order valence-electron chi connectivity index (χ1n) is 11.8. The zero-order chi connectivity index (χ0) is 27.9. The first-order chi connectivity index (χ1) is 17.3. The van der Waals surface area contributed by atoms with Crippen LogP contribution in [0.1, 0.15) is 39.2 Å². The van der Waals surface area contributed by atoms with Crippen molar-refractivity contribution in [2.75, 3.05) is 24.9 Å². The molecule has 0 heterocycles. The Morgan fingerprint density at radius 3 is 2.16 bits per heavy atom. The van der Waals surface area contributed by atoms with Crippen LogP contribution in [-0.4, -0.2) is 62.2 Å². The van der Waals surface area contributed by atoms with Gasteiger partial charge in [0.1, 0.15) is 18.4 Å². The van der Waals surface area contributed by atoms with Crippen LogP contribution in [0.2, 0.25) is 10.0 Å². The van der Waals surface area contributed by atoms with Gasteiger partial charge in [-0.2, -0.15) is 12.7 Å². The Morgan fingerprint density at radius 2 is 1.65 bits per heavy atom. The van der Waals surface area contributed by atoms with E-state index in [-0.39, 0.29) is 30.6 Å². The van der Waals surface area contributed by atoms with Crippen molar-refractivity contribution in [3.05, 3.63) is 63.9 Å². The molecule has 0 aromatic heterocycles. The van der Waals surface area contributed by atoms with E-state index in [4.69, 9.17) is 23.2 Å². The van der Waals surface area contributed by atoms with Gasteiger partial charge < -0.3 is 10.2 Å². The maximum absolute atomic E-state index is 13.8. The highest BCUT2D eigenvalue weighted by molar-refractivity contribution is 7.90. The molecule has 0 radical (unpaired) electrons. The highest BCUT2D eigenvalue weighted by Gasteiger charge is 2.34. The number of carbonyl (C=O) groups is 2. The average Bonchev–Trinajstić information content (AvgIpc) is 2.83. The van der Waals surface area contributed by atoms with Crippen molar-refractivity contribution in [2.24, 2.45) is 0 Å². The predicted octanol–water partition coefficient (Wildman–Crippen LogP) is 4.47. The molecule has 2 aromatic carbocycles. The zero-order valence-corrected chi connectivity index (χ0v) is 23.9. The number of amides is 2. The van der Waals surface area contributed by atoms with E-state index >= 15 is 0 Å². The Balaban J connectivity index is 2.53. The van der Waals surface area contributed by atoms with E-state index in [0.29, 0.717) is 22.0 Å². The van der Waals surface area contributed by atoms with Crippen molar-refractivity contribution < 1.29 is 22.4 Å². The van der Waals surface area contributed by atoms with Gasteiger partial charge in [0, 0.05) is 36.7 Å². The summed E-state index contributed by atoms with van der Waals surface area (Å²) >= 11 is 12.4. The molecule has 0 aliphatic rings. The van der Waals surface area contributed by atoms with E-state index in [9.17, 15) is 22.4 Å². The van der Waals surface area contributed by atoms with Gasteiger partial charge in [-0.05, 0) is 61.7 Å². The topological polar surface area (TPSA) is 90.0 Å². The molecule has 0 bridgehead atoms. The number of nitrogens with zero attached hydrogens (tertiary/aromatic N) is 3. The molecule has 2 aromatic rings. The molecule has 8 nitrogen and oxygen atoms in total. The monoisotopic (exact) mass is 574 g/mol. The van der Waals surface area contributed by atoms with Crippen LogP contribution in [0.15, 0.2) is 42.5 Å². The lowest BCUT2D eigenvalue weighted by Crippen LogP contribution is -2.54. The minimum atomic E-state index is -4.14. The number of benzene rings is 2. The third kappa shape index (κ3) is 8.04. The number of rotatable bonds is 12. The molecule has 0 fully saturated rings. The molecule has 0 aliphatic heterocycles. The fourth-order valence-corrected chi connectivity index (χ4v) is 5.04. The van der Waals surface area contributed by atoms with E-state index in [1.807, 2.05) is 13.8 Å². The smallest absolute Gasteiger partial charge is 0.304 e. The minimum absolute atomic E-state index is 0.0550.